The zero-order chi connectivity index (χ0) is 15.4. The molecular weight excluding hydrogens is 294 g/mol. The van der Waals surface area contributed by atoms with E-state index in [1.807, 2.05) is 23.7 Å². The van der Waals surface area contributed by atoms with Crippen LogP contribution in [0.25, 0.3) is 10.6 Å². The van der Waals surface area contributed by atoms with Crippen LogP contribution in [0.5, 0.6) is 0 Å². The molecule has 2 aromatic rings. The van der Waals surface area contributed by atoms with Crippen molar-refractivity contribution in [2.75, 3.05) is 6.54 Å². The lowest BCUT2D eigenvalue weighted by atomic mass is 9.99. The molecular formula is C17H21N3OS. The van der Waals surface area contributed by atoms with E-state index in [2.05, 4.69) is 21.8 Å². The highest BCUT2D eigenvalue weighted by Crippen LogP contribution is 2.24. The van der Waals surface area contributed by atoms with Crippen LogP contribution in [0.15, 0.2) is 29.9 Å². The lowest BCUT2D eigenvalue weighted by Crippen LogP contribution is -2.44. The average molecular weight is 315 g/mol. The highest BCUT2D eigenvalue weighted by atomic mass is 32.1. The summed E-state index contributed by atoms with van der Waals surface area (Å²) in [6, 6.07) is 4.31. The third kappa shape index (κ3) is 3.35. The van der Waals surface area contributed by atoms with Crippen molar-refractivity contribution < 1.29 is 4.79 Å². The van der Waals surface area contributed by atoms with Crippen LogP contribution >= 0.6 is 11.3 Å². The molecule has 2 aromatic heterocycles. The van der Waals surface area contributed by atoms with Crippen molar-refractivity contribution in [1.82, 2.24) is 14.9 Å². The fourth-order valence-electron chi connectivity index (χ4n) is 3.02. The Kier molecular flexibility index (Phi) is 4.83. The van der Waals surface area contributed by atoms with Crippen molar-refractivity contribution in [2.24, 2.45) is 0 Å². The molecule has 1 unspecified atom stereocenters. The van der Waals surface area contributed by atoms with Gasteiger partial charge in [-0.25, -0.2) is 4.98 Å². The number of pyridine rings is 1. The van der Waals surface area contributed by atoms with E-state index < -0.39 is 0 Å². The van der Waals surface area contributed by atoms with Gasteiger partial charge in [0.25, 0.3) is 0 Å². The molecule has 22 heavy (non-hydrogen) atoms. The van der Waals surface area contributed by atoms with Gasteiger partial charge >= 0.3 is 0 Å². The molecule has 1 aliphatic heterocycles. The molecule has 4 nitrogen and oxygen atoms in total. The minimum absolute atomic E-state index is 0.217. The molecule has 1 atom stereocenters. The molecule has 1 aliphatic rings. The molecule has 0 N–H and O–H groups in total. The highest BCUT2D eigenvalue weighted by Gasteiger charge is 2.25. The minimum Gasteiger partial charge on any atom is -0.339 e. The summed E-state index contributed by atoms with van der Waals surface area (Å²) in [5.41, 5.74) is 1.88. The van der Waals surface area contributed by atoms with E-state index in [1.165, 1.54) is 6.42 Å². The topological polar surface area (TPSA) is 46.1 Å². The van der Waals surface area contributed by atoms with Crippen molar-refractivity contribution in [1.29, 1.82) is 0 Å². The molecule has 3 heterocycles. The Hall–Kier alpha value is -1.75. The molecule has 0 radical (unpaired) electrons. The predicted molar refractivity (Wildman–Crippen MR) is 88.7 cm³/mol. The van der Waals surface area contributed by atoms with E-state index in [1.54, 1.807) is 17.5 Å². The molecule has 3 rings (SSSR count). The van der Waals surface area contributed by atoms with Crippen molar-refractivity contribution in [3.63, 3.8) is 0 Å². The molecule has 1 fully saturated rings. The van der Waals surface area contributed by atoms with E-state index in [-0.39, 0.29) is 5.91 Å². The monoisotopic (exact) mass is 315 g/mol. The molecule has 0 aliphatic carbocycles. The second kappa shape index (κ2) is 7.01. The number of piperidine rings is 1. The number of rotatable bonds is 4. The maximum atomic E-state index is 12.6. The van der Waals surface area contributed by atoms with Crippen LogP contribution in [-0.4, -0.2) is 33.4 Å². The number of hydrogen-bond donors (Lipinski definition) is 0. The zero-order valence-corrected chi connectivity index (χ0v) is 13.7. The van der Waals surface area contributed by atoms with E-state index in [0.29, 0.717) is 12.5 Å². The van der Waals surface area contributed by atoms with Gasteiger partial charge in [0.15, 0.2) is 0 Å². The standard InChI is InChI=1S/C17H21N3OS/c1-2-15-7-3-4-9-20(15)16(21)10-14-12-22-17(19-14)13-6-5-8-18-11-13/h5-6,8,11-12,15H,2-4,7,9-10H2,1H3. The number of nitrogens with zero attached hydrogens (tertiary/aromatic N) is 3. The summed E-state index contributed by atoms with van der Waals surface area (Å²) in [4.78, 5) is 23.3. The Bertz CT molecular complexity index is 626. The van der Waals surface area contributed by atoms with E-state index in [4.69, 9.17) is 0 Å². The van der Waals surface area contributed by atoms with Crippen LogP contribution < -0.4 is 0 Å². The Morgan fingerprint density at radius 1 is 1.45 bits per heavy atom. The Morgan fingerprint density at radius 3 is 3.14 bits per heavy atom. The van der Waals surface area contributed by atoms with Gasteiger partial charge in [0.2, 0.25) is 5.91 Å². The Morgan fingerprint density at radius 2 is 2.36 bits per heavy atom. The molecule has 1 amide bonds. The number of carbonyl (C=O) groups excluding carboxylic acids is 1. The van der Waals surface area contributed by atoms with Crippen LogP contribution in [0, 0.1) is 0 Å². The van der Waals surface area contributed by atoms with Gasteiger partial charge in [-0.3, -0.25) is 9.78 Å². The zero-order valence-electron chi connectivity index (χ0n) is 12.9. The highest BCUT2D eigenvalue weighted by molar-refractivity contribution is 7.13. The van der Waals surface area contributed by atoms with Gasteiger partial charge in [-0.2, -0.15) is 0 Å². The van der Waals surface area contributed by atoms with Gasteiger partial charge in [0, 0.05) is 35.9 Å². The third-order valence-electron chi connectivity index (χ3n) is 4.21. The summed E-state index contributed by atoms with van der Waals surface area (Å²) in [5, 5.41) is 2.92. The fourth-order valence-corrected chi connectivity index (χ4v) is 3.83. The fraction of sp³-hybridized carbons (Fsp3) is 0.471. The van der Waals surface area contributed by atoms with Crippen LogP contribution in [0.4, 0.5) is 0 Å². The summed E-state index contributed by atoms with van der Waals surface area (Å²) >= 11 is 1.58. The number of likely N-dealkylation sites (tertiary alicyclic amines) is 1. The number of aromatic nitrogens is 2. The van der Waals surface area contributed by atoms with Gasteiger partial charge < -0.3 is 4.90 Å². The largest absolute Gasteiger partial charge is 0.339 e. The van der Waals surface area contributed by atoms with Crippen LogP contribution in [0.3, 0.4) is 0 Å². The van der Waals surface area contributed by atoms with Crippen LogP contribution in [0.2, 0.25) is 0 Å². The van der Waals surface area contributed by atoms with E-state index in [9.17, 15) is 4.79 Å². The van der Waals surface area contributed by atoms with Crippen molar-refractivity contribution >= 4 is 17.2 Å². The van der Waals surface area contributed by atoms with Gasteiger partial charge in [0.05, 0.1) is 12.1 Å². The molecule has 0 spiro atoms. The molecule has 0 saturated carbocycles. The molecule has 0 aromatic carbocycles. The first kappa shape index (κ1) is 15.2. The van der Waals surface area contributed by atoms with E-state index >= 15 is 0 Å². The minimum atomic E-state index is 0.217. The number of amides is 1. The smallest absolute Gasteiger partial charge is 0.228 e. The van der Waals surface area contributed by atoms with Crippen molar-refractivity contribution in [3.8, 4) is 10.6 Å². The van der Waals surface area contributed by atoms with Crippen LogP contribution in [0.1, 0.15) is 38.3 Å². The summed E-state index contributed by atoms with van der Waals surface area (Å²) < 4.78 is 0. The first-order chi connectivity index (χ1) is 10.8. The third-order valence-corrected chi connectivity index (χ3v) is 5.15. The second-order valence-corrected chi connectivity index (χ2v) is 6.57. The number of hydrogen-bond acceptors (Lipinski definition) is 4. The normalized spacial score (nSPS) is 18.4. The van der Waals surface area contributed by atoms with Gasteiger partial charge in [-0.05, 0) is 37.8 Å². The van der Waals surface area contributed by atoms with Crippen molar-refractivity contribution in [2.45, 2.75) is 45.1 Å². The lowest BCUT2D eigenvalue weighted by molar-refractivity contribution is -0.134. The second-order valence-electron chi connectivity index (χ2n) is 5.71. The van der Waals surface area contributed by atoms with Gasteiger partial charge in [-0.1, -0.05) is 6.92 Å². The number of thiazole rings is 1. The quantitative estimate of drug-likeness (QED) is 0.867. The summed E-state index contributed by atoms with van der Waals surface area (Å²) in [6.07, 6.45) is 8.52. The summed E-state index contributed by atoms with van der Waals surface area (Å²) in [6.45, 7) is 3.07. The van der Waals surface area contributed by atoms with Gasteiger partial charge in [-0.15, -0.1) is 11.3 Å². The SMILES string of the molecule is CCC1CCCCN1C(=O)Cc1csc(-c2cccnc2)n1. The molecule has 5 heteroatoms. The number of carbonyl (C=O) groups is 1. The predicted octanol–water partition coefficient (Wildman–Crippen LogP) is 3.54. The average Bonchev–Trinajstić information content (AvgIpc) is 3.04. The lowest BCUT2D eigenvalue weighted by Gasteiger charge is -2.35. The maximum Gasteiger partial charge on any atom is 0.228 e. The van der Waals surface area contributed by atoms with Crippen LogP contribution in [-0.2, 0) is 11.2 Å². The van der Waals surface area contributed by atoms with E-state index in [0.717, 1.165) is 42.1 Å². The molecule has 0 bridgehead atoms. The first-order valence-corrected chi connectivity index (χ1v) is 8.80. The molecule has 116 valence electrons. The summed E-state index contributed by atoms with van der Waals surface area (Å²) in [7, 11) is 0. The maximum absolute atomic E-state index is 12.6. The van der Waals surface area contributed by atoms with Crippen molar-refractivity contribution in [3.05, 3.63) is 35.6 Å². The molecule has 1 saturated heterocycles. The first-order valence-electron chi connectivity index (χ1n) is 7.92. The Labute approximate surface area is 135 Å². The Balaban J connectivity index is 1.68. The summed E-state index contributed by atoms with van der Waals surface area (Å²) in [5.74, 6) is 0.217. The van der Waals surface area contributed by atoms with Gasteiger partial charge in [0.1, 0.15) is 5.01 Å².